The van der Waals surface area contributed by atoms with Gasteiger partial charge in [-0.2, -0.15) is 0 Å². The summed E-state index contributed by atoms with van der Waals surface area (Å²) >= 11 is 0. The minimum atomic E-state index is -0.766. The van der Waals surface area contributed by atoms with Crippen LogP contribution in [0.2, 0.25) is 0 Å². The van der Waals surface area contributed by atoms with Gasteiger partial charge in [0.05, 0.1) is 6.04 Å². The number of carbonyl (C=O) groups is 2. The number of amides is 2. The van der Waals surface area contributed by atoms with Crippen LogP contribution in [-0.2, 0) is 16.0 Å². The van der Waals surface area contributed by atoms with Crippen LogP contribution in [0.25, 0.3) is 0 Å². The number of hydrogen-bond acceptors (Lipinski definition) is 3. The molecule has 0 saturated carbocycles. The number of rotatable bonds is 6. The van der Waals surface area contributed by atoms with Crippen molar-refractivity contribution in [2.24, 2.45) is 0 Å². The van der Waals surface area contributed by atoms with Crippen LogP contribution in [0.4, 0.5) is 10.1 Å². The molecular weight excluding hydrogens is 431 g/mol. The van der Waals surface area contributed by atoms with Gasteiger partial charge in [-0.15, -0.1) is 0 Å². The molecule has 2 atom stereocenters. The monoisotopic (exact) mass is 460 g/mol. The van der Waals surface area contributed by atoms with Crippen molar-refractivity contribution >= 4 is 17.5 Å². The summed E-state index contributed by atoms with van der Waals surface area (Å²) in [6, 6.07) is 19.5. The Morgan fingerprint density at radius 3 is 2.47 bits per heavy atom. The van der Waals surface area contributed by atoms with Gasteiger partial charge in [0.2, 0.25) is 5.91 Å². The number of nitrogens with one attached hydrogen (secondary N) is 1. The van der Waals surface area contributed by atoms with Crippen molar-refractivity contribution in [1.29, 1.82) is 0 Å². The summed E-state index contributed by atoms with van der Waals surface area (Å²) in [6.45, 7) is 6.25. The van der Waals surface area contributed by atoms with E-state index in [0.29, 0.717) is 24.4 Å². The zero-order valence-corrected chi connectivity index (χ0v) is 19.7. The van der Waals surface area contributed by atoms with Crippen LogP contribution in [0, 0.1) is 12.7 Å². The second-order valence-corrected chi connectivity index (χ2v) is 8.62. The predicted molar refractivity (Wildman–Crippen MR) is 130 cm³/mol. The number of carbonyl (C=O) groups excluding carboxylic acids is 2. The lowest BCUT2D eigenvalue weighted by Crippen LogP contribution is -2.40. The molecule has 1 aliphatic heterocycles. The number of anilines is 1. The summed E-state index contributed by atoms with van der Waals surface area (Å²) in [7, 11) is 0. The van der Waals surface area contributed by atoms with Crippen molar-refractivity contribution in [1.82, 2.24) is 4.90 Å². The summed E-state index contributed by atoms with van der Waals surface area (Å²) < 4.78 is 19.1. The highest BCUT2D eigenvalue weighted by atomic mass is 19.1. The fourth-order valence-electron chi connectivity index (χ4n) is 4.28. The van der Waals surface area contributed by atoms with Crippen molar-refractivity contribution in [3.8, 4) is 5.75 Å². The van der Waals surface area contributed by atoms with Crippen LogP contribution >= 0.6 is 0 Å². The number of nitrogens with zero attached hydrogens (tertiary/aromatic N) is 1. The van der Waals surface area contributed by atoms with E-state index in [-0.39, 0.29) is 23.7 Å². The summed E-state index contributed by atoms with van der Waals surface area (Å²) in [5.74, 6) is -0.0321. The van der Waals surface area contributed by atoms with Crippen molar-refractivity contribution in [3.63, 3.8) is 0 Å². The normalized spacial score (nSPS) is 15.9. The van der Waals surface area contributed by atoms with Crippen LogP contribution in [0.15, 0.2) is 66.7 Å². The lowest BCUT2D eigenvalue weighted by molar-refractivity contribution is -0.133. The van der Waals surface area contributed by atoms with Gasteiger partial charge in [0.25, 0.3) is 5.91 Å². The molecule has 6 heteroatoms. The van der Waals surface area contributed by atoms with Gasteiger partial charge in [0, 0.05) is 18.7 Å². The summed E-state index contributed by atoms with van der Waals surface area (Å²) in [5.41, 5.74) is 4.89. The molecule has 1 N–H and O–H groups in total. The predicted octanol–water partition coefficient (Wildman–Crippen LogP) is 5.42. The van der Waals surface area contributed by atoms with Crippen LogP contribution < -0.4 is 10.1 Å². The van der Waals surface area contributed by atoms with Gasteiger partial charge in [-0.25, -0.2) is 4.39 Å². The van der Waals surface area contributed by atoms with E-state index in [4.69, 9.17) is 4.74 Å². The number of hydrogen-bond donors (Lipinski definition) is 1. The third-order valence-electron chi connectivity index (χ3n) is 6.16. The molecule has 2 amide bonds. The van der Waals surface area contributed by atoms with Gasteiger partial charge in [-0.05, 0) is 73.4 Å². The number of fused-ring (bicyclic) bond motifs is 1. The molecule has 0 bridgehead atoms. The van der Waals surface area contributed by atoms with E-state index in [1.165, 1.54) is 29.8 Å². The van der Waals surface area contributed by atoms with Crippen molar-refractivity contribution < 1.29 is 18.7 Å². The van der Waals surface area contributed by atoms with E-state index in [1.807, 2.05) is 36.9 Å². The summed E-state index contributed by atoms with van der Waals surface area (Å²) in [5, 5.41) is 2.74. The van der Waals surface area contributed by atoms with Crippen LogP contribution in [-0.4, -0.2) is 29.4 Å². The topological polar surface area (TPSA) is 58.6 Å². The molecule has 0 spiro atoms. The Bertz CT molecular complexity index is 1180. The number of halogens is 1. The molecule has 4 rings (SSSR count). The highest BCUT2D eigenvalue weighted by Crippen LogP contribution is 2.37. The van der Waals surface area contributed by atoms with Crippen LogP contribution in [0.3, 0.4) is 0 Å². The largest absolute Gasteiger partial charge is 0.481 e. The molecule has 1 aliphatic rings. The molecule has 5 nitrogen and oxygen atoms in total. The second kappa shape index (κ2) is 10.1. The first-order valence-corrected chi connectivity index (χ1v) is 11.6. The van der Waals surface area contributed by atoms with E-state index < -0.39 is 6.10 Å². The molecule has 3 aromatic carbocycles. The third kappa shape index (κ3) is 5.11. The average Bonchev–Trinajstić information content (AvgIpc) is 2.84. The first-order chi connectivity index (χ1) is 16.4. The molecule has 0 unspecified atom stereocenters. The first kappa shape index (κ1) is 23.5. The van der Waals surface area contributed by atoms with Gasteiger partial charge in [0.1, 0.15) is 11.6 Å². The Morgan fingerprint density at radius 1 is 1.09 bits per heavy atom. The molecule has 34 heavy (non-hydrogen) atoms. The molecule has 0 aliphatic carbocycles. The van der Waals surface area contributed by atoms with E-state index in [1.54, 1.807) is 6.92 Å². The van der Waals surface area contributed by atoms with Gasteiger partial charge in [-0.1, -0.05) is 42.8 Å². The van der Waals surface area contributed by atoms with Gasteiger partial charge < -0.3 is 15.0 Å². The molecule has 1 heterocycles. The SMILES string of the molecule is CCC(=O)N1CCc2ccc(O[C@H](C)C(=O)Nc3ccc(F)cc3)cc2[C@H]1c1ccc(C)cc1. The van der Waals surface area contributed by atoms with Crippen molar-refractivity contribution in [2.45, 2.75) is 45.8 Å². The maximum Gasteiger partial charge on any atom is 0.265 e. The Kier molecular flexibility index (Phi) is 6.96. The smallest absolute Gasteiger partial charge is 0.265 e. The Hall–Kier alpha value is -3.67. The Labute approximate surface area is 199 Å². The maximum atomic E-state index is 13.1. The van der Waals surface area contributed by atoms with E-state index in [0.717, 1.165) is 23.1 Å². The van der Waals surface area contributed by atoms with Gasteiger partial charge in [0.15, 0.2) is 6.10 Å². The Balaban J connectivity index is 1.59. The summed E-state index contributed by atoms with van der Waals surface area (Å²) in [4.78, 5) is 27.3. The zero-order chi connectivity index (χ0) is 24.2. The molecule has 3 aromatic rings. The molecule has 0 saturated heterocycles. The van der Waals surface area contributed by atoms with Crippen LogP contribution in [0.1, 0.15) is 48.6 Å². The lowest BCUT2D eigenvalue weighted by atomic mass is 9.87. The first-order valence-electron chi connectivity index (χ1n) is 11.6. The lowest BCUT2D eigenvalue weighted by Gasteiger charge is -2.38. The number of ether oxygens (including phenoxy) is 1. The number of aryl methyl sites for hydroxylation is 1. The minimum Gasteiger partial charge on any atom is -0.481 e. The van der Waals surface area contributed by atoms with Gasteiger partial charge in [-0.3, -0.25) is 9.59 Å². The average molecular weight is 461 g/mol. The third-order valence-corrected chi connectivity index (χ3v) is 6.16. The highest BCUT2D eigenvalue weighted by molar-refractivity contribution is 5.94. The van der Waals surface area contributed by atoms with Crippen molar-refractivity contribution in [2.75, 3.05) is 11.9 Å². The van der Waals surface area contributed by atoms with Crippen LogP contribution in [0.5, 0.6) is 5.75 Å². The molecular formula is C28H29FN2O3. The quantitative estimate of drug-likeness (QED) is 0.534. The second-order valence-electron chi connectivity index (χ2n) is 8.62. The molecule has 0 aromatic heterocycles. The highest BCUT2D eigenvalue weighted by Gasteiger charge is 2.32. The van der Waals surface area contributed by atoms with Gasteiger partial charge >= 0.3 is 0 Å². The number of benzene rings is 3. The molecule has 0 radical (unpaired) electrons. The zero-order valence-electron chi connectivity index (χ0n) is 19.7. The van der Waals surface area contributed by atoms with E-state index >= 15 is 0 Å². The maximum absolute atomic E-state index is 13.1. The van der Waals surface area contributed by atoms with E-state index in [9.17, 15) is 14.0 Å². The molecule has 0 fully saturated rings. The minimum absolute atomic E-state index is 0.106. The Morgan fingerprint density at radius 2 is 1.79 bits per heavy atom. The van der Waals surface area contributed by atoms with E-state index in [2.05, 4.69) is 29.6 Å². The summed E-state index contributed by atoms with van der Waals surface area (Å²) in [6.07, 6.45) is 0.441. The fraction of sp³-hybridized carbons (Fsp3) is 0.286. The molecule has 176 valence electrons. The standard InChI is InChI=1S/C28H29FN2O3/c1-4-26(32)31-16-15-20-9-14-24(17-25(20)27(31)21-7-5-18(2)6-8-21)34-19(3)28(33)30-23-12-10-22(29)11-13-23/h5-14,17,19,27H,4,15-16H2,1-3H3,(H,30,33)/t19-,27-/m1/s1. The fourth-order valence-corrected chi connectivity index (χ4v) is 4.28. The van der Waals surface area contributed by atoms with Crippen molar-refractivity contribution in [3.05, 3.63) is 94.8 Å².